The van der Waals surface area contributed by atoms with Gasteiger partial charge in [0.2, 0.25) is 5.78 Å². The molecule has 2 rings (SSSR count). The number of carbonyl (C=O) groups excluding carboxylic acids is 2. The van der Waals surface area contributed by atoms with Gasteiger partial charge >= 0.3 is 0 Å². The summed E-state index contributed by atoms with van der Waals surface area (Å²) in [6.45, 7) is 3.38. The zero-order valence-corrected chi connectivity index (χ0v) is 7.35. The second kappa shape index (κ2) is 2.60. The second-order valence-electron chi connectivity index (χ2n) is 3.52. The Bertz CT molecular complexity index is 259. The number of ketones is 1. The lowest BCUT2D eigenvalue weighted by atomic mass is 10.2. The molecule has 2 saturated heterocycles. The van der Waals surface area contributed by atoms with Crippen LogP contribution in [0.3, 0.4) is 0 Å². The Morgan fingerprint density at radius 3 is 2.62 bits per heavy atom. The molecule has 5 nitrogen and oxygen atoms in total. The molecule has 2 aliphatic heterocycles. The fourth-order valence-electron chi connectivity index (χ4n) is 1.49. The maximum Gasteiger partial charge on any atom is 0.202 e. The number of hydrogen-bond donors (Lipinski definition) is 0. The highest BCUT2D eigenvalue weighted by atomic mass is 16.8. The van der Waals surface area contributed by atoms with E-state index < -0.39 is 24.3 Å². The van der Waals surface area contributed by atoms with Gasteiger partial charge in [-0.05, 0) is 13.8 Å². The Balaban J connectivity index is 2.16. The molecule has 3 unspecified atom stereocenters. The summed E-state index contributed by atoms with van der Waals surface area (Å²) in [4.78, 5) is 21.7. The maximum absolute atomic E-state index is 11.3. The van der Waals surface area contributed by atoms with E-state index in [0.29, 0.717) is 6.29 Å². The summed E-state index contributed by atoms with van der Waals surface area (Å²) in [5.41, 5.74) is 0. The van der Waals surface area contributed by atoms with Crippen LogP contribution in [-0.4, -0.2) is 36.4 Å². The number of hydrogen-bond acceptors (Lipinski definition) is 5. The first kappa shape index (κ1) is 8.80. The van der Waals surface area contributed by atoms with Crippen molar-refractivity contribution in [1.29, 1.82) is 0 Å². The molecule has 0 bridgehead atoms. The van der Waals surface area contributed by atoms with Gasteiger partial charge in [-0.2, -0.15) is 0 Å². The van der Waals surface area contributed by atoms with Crippen molar-refractivity contribution in [2.75, 3.05) is 0 Å². The van der Waals surface area contributed by atoms with Crippen LogP contribution in [0.25, 0.3) is 0 Å². The molecule has 0 aliphatic carbocycles. The predicted octanol–water partition coefficient (Wildman–Crippen LogP) is -0.369. The molecule has 0 amide bonds. The minimum absolute atomic E-state index is 0.356. The van der Waals surface area contributed by atoms with Crippen molar-refractivity contribution in [1.82, 2.24) is 0 Å². The van der Waals surface area contributed by atoms with Gasteiger partial charge in [-0.15, -0.1) is 0 Å². The highest BCUT2D eigenvalue weighted by Gasteiger charge is 2.54. The molecule has 0 N–H and O–H groups in total. The molecule has 0 radical (unpaired) electrons. The Labute approximate surface area is 74.9 Å². The van der Waals surface area contributed by atoms with Gasteiger partial charge in [0.1, 0.15) is 0 Å². The lowest BCUT2D eigenvalue weighted by molar-refractivity contribution is -0.202. The third-order valence-corrected chi connectivity index (χ3v) is 2.02. The predicted molar refractivity (Wildman–Crippen MR) is 39.8 cm³/mol. The van der Waals surface area contributed by atoms with E-state index in [1.54, 1.807) is 13.8 Å². The van der Waals surface area contributed by atoms with Gasteiger partial charge < -0.3 is 14.2 Å². The van der Waals surface area contributed by atoms with Crippen LogP contribution in [-0.2, 0) is 23.8 Å². The highest BCUT2D eigenvalue weighted by Crippen LogP contribution is 2.34. The fraction of sp³-hybridized carbons (Fsp3) is 0.750. The van der Waals surface area contributed by atoms with E-state index in [1.807, 2.05) is 0 Å². The van der Waals surface area contributed by atoms with Gasteiger partial charge in [0, 0.05) is 0 Å². The fourth-order valence-corrected chi connectivity index (χ4v) is 1.49. The quantitative estimate of drug-likeness (QED) is 0.413. The van der Waals surface area contributed by atoms with Gasteiger partial charge in [-0.3, -0.25) is 9.59 Å². The summed E-state index contributed by atoms with van der Waals surface area (Å²) in [6.07, 6.45) is -2.03. The molecule has 0 aromatic heterocycles. The number of rotatable bonds is 1. The third-order valence-electron chi connectivity index (χ3n) is 2.02. The summed E-state index contributed by atoms with van der Waals surface area (Å²) >= 11 is 0. The maximum atomic E-state index is 11.3. The molecule has 0 aromatic carbocycles. The van der Waals surface area contributed by atoms with Gasteiger partial charge in [0.25, 0.3) is 0 Å². The Morgan fingerprint density at radius 1 is 1.38 bits per heavy atom. The molecule has 2 aliphatic rings. The average Bonchev–Trinajstić information content (AvgIpc) is 2.47. The van der Waals surface area contributed by atoms with Crippen molar-refractivity contribution in [2.45, 2.75) is 38.1 Å². The number of ether oxygens (including phenoxy) is 3. The van der Waals surface area contributed by atoms with Crippen LogP contribution in [0, 0.1) is 0 Å². The Hall–Kier alpha value is -0.780. The van der Waals surface area contributed by atoms with Gasteiger partial charge in [-0.25, -0.2) is 0 Å². The lowest BCUT2D eigenvalue weighted by Crippen LogP contribution is -2.30. The molecule has 0 aromatic rings. The van der Waals surface area contributed by atoms with E-state index in [1.165, 1.54) is 0 Å². The monoisotopic (exact) mass is 186 g/mol. The van der Waals surface area contributed by atoms with E-state index in [0.717, 1.165) is 0 Å². The van der Waals surface area contributed by atoms with Crippen LogP contribution >= 0.6 is 0 Å². The van der Waals surface area contributed by atoms with Crippen LogP contribution in [0.15, 0.2) is 0 Å². The molecule has 72 valence electrons. The summed E-state index contributed by atoms with van der Waals surface area (Å²) in [5, 5.41) is 0. The molecule has 13 heavy (non-hydrogen) atoms. The van der Waals surface area contributed by atoms with Gasteiger partial charge in [0.05, 0.1) is 0 Å². The molecule has 2 heterocycles. The van der Waals surface area contributed by atoms with E-state index in [2.05, 4.69) is 0 Å². The summed E-state index contributed by atoms with van der Waals surface area (Å²) in [6, 6.07) is 0. The summed E-state index contributed by atoms with van der Waals surface area (Å²) < 4.78 is 15.5. The van der Waals surface area contributed by atoms with Crippen molar-refractivity contribution >= 4 is 12.1 Å². The SMILES string of the molecule is CC1(C)OC2OC(C=O)C(=O)C2O1. The van der Waals surface area contributed by atoms with Crippen molar-refractivity contribution in [2.24, 2.45) is 0 Å². The standard InChI is InChI=1S/C8H10O5/c1-8(2)12-6-5(10)4(3-9)11-7(6)13-8/h3-4,6-7H,1-2H3. The molecule has 0 spiro atoms. The lowest BCUT2D eigenvalue weighted by Gasteiger charge is -2.18. The normalized spacial score (nSPS) is 42.0. The first-order valence-electron chi connectivity index (χ1n) is 4.03. The first-order chi connectivity index (χ1) is 6.03. The van der Waals surface area contributed by atoms with E-state index >= 15 is 0 Å². The minimum atomic E-state index is -1.02. The Morgan fingerprint density at radius 2 is 2.08 bits per heavy atom. The van der Waals surface area contributed by atoms with Gasteiger partial charge in [-0.1, -0.05) is 0 Å². The minimum Gasteiger partial charge on any atom is -0.334 e. The second-order valence-corrected chi connectivity index (χ2v) is 3.52. The Kier molecular flexibility index (Phi) is 1.76. The van der Waals surface area contributed by atoms with Crippen molar-refractivity contribution in [3.05, 3.63) is 0 Å². The molecule has 0 saturated carbocycles. The zero-order valence-electron chi connectivity index (χ0n) is 7.35. The van der Waals surface area contributed by atoms with E-state index in [4.69, 9.17) is 14.2 Å². The van der Waals surface area contributed by atoms with Crippen LogP contribution in [0.1, 0.15) is 13.8 Å². The van der Waals surface area contributed by atoms with Crippen LogP contribution in [0.2, 0.25) is 0 Å². The summed E-state index contributed by atoms with van der Waals surface area (Å²) in [7, 11) is 0. The average molecular weight is 186 g/mol. The van der Waals surface area contributed by atoms with E-state index in [-0.39, 0.29) is 5.78 Å². The highest BCUT2D eigenvalue weighted by molar-refractivity contribution is 6.01. The smallest absolute Gasteiger partial charge is 0.202 e. The van der Waals surface area contributed by atoms with Crippen molar-refractivity contribution in [3.63, 3.8) is 0 Å². The number of fused-ring (bicyclic) bond motifs is 1. The topological polar surface area (TPSA) is 61.8 Å². The molecular formula is C8H10O5. The van der Waals surface area contributed by atoms with E-state index in [9.17, 15) is 9.59 Å². The largest absolute Gasteiger partial charge is 0.334 e. The molecule has 5 heteroatoms. The first-order valence-corrected chi connectivity index (χ1v) is 4.03. The van der Waals surface area contributed by atoms with Gasteiger partial charge in [0.15, 0.2) is 30.6 Å². The van der Waals surface area contributed by atoms with Crippen LogP contribution in [0.4, 0.5) is 0 Å². The number of Topliss-reactive ketones (excluding diaryl/α,β-unsaturated/α-hetero) is 1. The zero-order chi connectivity index (χ0) is 9.64. The van der Waals surface area contributed by atoms with Crippen LogP contribution < -0.4 is 0 Å². The number of aldehydes is 1. The number of carbonyl (C=O) groups is 2. The molecule has 3 atom stereocenters. The molecular weight excluding hydrogens is 176 g/mol. The third kappa shape index (κ3) is 1.29. The van der Waals surface area contributed by atoms with Crippen LogP contribution in [0.5, 0.6) is 0 Å². The molecule has 2 fully saturated rings. The summed E-state index contributed by atoms with van der Waals surface area (Å²) in [5.74, 6) is -1.16. The van der Waals surface area contributed by atoms with Crippen molar-refractivity contribution < 1.29 is 23.8 Å². The van der Waals surface area contributed by atoms with Crippen molar-refractivity contribution in [3.8, 4) is 0 Å².